The highest BCUT2D eigenvalue weighted by molar-refractivity contribution is 8.23. The predicted octanol–water partition coefficient (Wildman–Crippen LogP) is 4.04. The molecule has 2 rings (SSSR count). The topological polar surface area (TPSA) is 32.3 Å². The maximum absolute atomic E-state index is 12.2. The minimum atomic E-state index is 0.00185. The second kappa shape index (κ2) is 7.47. The normalized spacial score (nSPS) is 15.0. The minimum absolute atomic E-state index is 0.00185. The lowest BCUT2D eigenvalue weighted by atomic mass is 9.86. The van der Waals surface area contributed by atoms with Crippen LogP contribution in [-0.2, 0) is 10.2 Å². The van der Waals surface area contributed by atoms with E-state index in [1.165, 1.54) is 24.6 Å². The molecule has 0 bridgehead atoms. The van der Waals surface area contributed by atoms with Crippen LogP contribution in [0.3, 0.4) is 0 Å². The summed E-state index contributed by atoms with van der Waals surface area (Å²) in [5, 5.41) is 3.03. The van der Waals surface area contributed by atoms with Crippen LogP contribution in [0.4, 0.5) is 5.69 Å². The van der Waals surface area contributed by atoms with E-state index in [1.807, 2.05) is 18.2 Å². The second-order valence-electron chi connectivity index (χ2n) is 6.59. The first kappa shape index (κ1) is 17.3. The number of benzene rings is 1. The summed E-state index contributed by atoms with van der Waals surface area (Å²) in [5.74, 6) is 0.372. The summed E-state index contributed by atoms with van der Waals surface area (Å²) in [6.07, 6.45) is 2.40. The third kappa shape index (κ3) is 4.71. The van der Waals surface area contributed by atoms with Gasteiger partial charge in [-0.1, -0.05) is 63.0 Å². The molecular formula is C17H24N2OS2. The van der Waals surface area contributed by atoms with Crippen molar-refractivity contribution in [2.45, 2.75) is 39.0 Å². The van der Waals surface area contributed by atoms with Crippen molar-refractivity contribution >= 4 is 39.9 Å². The Morgan fingerprint density at radius 3 is 2.55 bits per heavy atom. The SMILES string of the molecule is CC(C)(C)c1ccccc1NC(=O)CSC(=S)N1CCCC1. The van der Waals surface area contributed by atoms with E-state index in [9.17, 15) is 4.79 Å². The Morgan fingerprint density at radius 1 is 1.27 bits per heavy atom. The molecule has 1 N–H and O–H groups in total. The number of thiocarbonyl (C=S) groups is 1. The first-order valence-electron chi connectivity index (χ1n) is 7.69. The van der Waals surface area contributed by atoms with Gasteiger partial charge in [-0.25, -0.2) is 0 Å². The van der Waals surface area contributed by atoms with Crippen LogP contribution in [0, 0.1) is 0 Å². The molecule has 0 radical (unpaired) electrons. The maximum Gasteiger partial charge on any atom is 0.234 e. The van der Waals surface area contributed by atoms with Crippen LogP contribution >= 0.6 is 24.0 Å². The van der Waals surface area contributed by atoms with Gasteiger partial charge in [0.1, 0.15) is 4.32 Å². The number of anilines is 1. The van der Waals surface area contributed by atoms with Crippen LogP contribution in [-0.4, -0.2) is 34.0 Å². The van der Waals surface area contributed by atoms with Crippen molar-refractivity contribution < 1.29 is 4.79 Å². The quantitative estimate of drug-likeness (QED) is 0.845. The summed E-state index contributed by atoms with van der Waals surface area (Å²) in [6, 6.07) is 7.99. The highest BCUT2D eigenvalue weighted by atomic mass is 32.2. The van der Waals surface area contributed by atoms with Crippen LogP contribution < -0.4 is 5.32 Å². The Morgan fingerprint density at radius 2 is 1.91 bits per heavy atom. The third-order valence-corrected chi connectivity index (χ3v) is 5.22. The first-order valence-corrected chi connectivity index (χ1v) is 9.08. The zero-order chi connectivity index (χ0) is 16.2. The molecule has 0 atom stereocenters. The zero-order valence-electron chi connectivity index (χ0n) is 13.5. The van der Waals surface area contributed by atoms with Crippen LogP contribution in [0.25, 0.3) is 0 Å². The van der Waals surface area contributed by atoms with Crippen molar-refractivity contribution in [1.82, 2.24) is 4.90 Å². The number of carbonyl (C=O) groups is 1. The summed E-state index contributed by atoms with van der Waals surface area (Å²) in [5.41, 5.74) is 2.05. The Hall–Kier alpha value is -1.07. The van der Waals surface area contributed by atoms with Gasteiger partial charge in [0.25, 0.3) is 0 Å². The number of amides is 1. The fourth-order valence-electron chi connectivity index (χ4n) is 2.55. The molecule has 0 saturated carbocycles. The van der Waals surface area contributed by atoms with Crippen LogP contribution in [0.1, 0.15) is 39.2 Å². The van der Waals surface area contributed by atoms with Gasteiger partial charge in [0.15, 0.2) is 0 Å². The number of hydrogen-bond acceptors (Lipinski definition) is 3. The van der Waals surface area contributed by atoms with Gasteiger partial charge in [-0.05, 0) is 29.9 Å². The highest BCUT2D eigenvalue weighted by Crippen LogP contribution is 2.29. The van der Waals surface area contributed by atoms with Crippen molar-refractivity contribution in [2.75, 3.05) is 24.2 Å². The molecule has 120 valence electrons. The maximum atomic E-state index is 12.2. The average Bonchev–Trinajstić information content (AvgIpc) is 2.98. The Bertz CT molecular complexity index is 546. The minimum Gasteiger partial charge on any atom is -0.358 e. The van der Waals surface area contributed by atoms with E-state index in [4.69, 9.17) is 12.2 Å². The van der Waals surface area contributed by atoms with Gasteiger partial charge in [0, 0.05) is 18.8 Å². The van der Waals surface area contributed by atoms with E-state index < -0.39 is 0 Å². The van der Waals surface area contributed by atoms with Crippen LogP contribution in [0.2, 0.25) is 0 Å². The molecule has 1 aromatic carbocycles. The van der Waals surface area contributed by atoms with Crippen molar-refractivity contribution in [1.29, 1.82) is 0 Å². The lowest BCUT2D eigenvalue weighted by Gasteiger charge is -2.23. The van der Waals surface area contributed by atoms with E-state index in [2.05, 4.69) is 37.1 Å². The van der Waals surface area contributed by atoms with E-state index in [0.29, 0.717) is 5.75 Å². The Balaban J connectivity index is 1.91. The number of para-hydroxylation sites is 1. The number of thioether (sulfide) groups is 1. The number of nitrogens with zero attached hydrogens (tertiary/aromatic N) is 1. The zero-order valence-corrected chi connectivity index (χ0v) is 15.1. The number of hydrogen-bond donors (Lipinski definition) is 1. The third-order valence-electron chi connectivity index (χ3n) is 3.70. The lowest BCUT2D eigenvalue weighted by Crippen LogP contribution is -2.26. The molecule has 1 amide bonds. The summed E-state index contributed by atoms with van der Waals surface area (Å²) in [4.78, 5) is 14.4. The number of carbonyl (C=O) groups excluding carboxylic acids is 1. The largest absolute Gasteiger partial charge is 0.358 e. The molecular weight excluding hydrogens is 312 g/mol. The van der Waals surface area contributed by atoms with Gasteiger partial charge in [-0.3, -0.25) is 4.79 Å². The molecule has 1 aliphatic rings. The Labute approximate surface area is 142 Å². The smallest absolute Gasteiger partial charge is 0.234 e. The van der Waals surface area contributed by atoms with Gasteiger partial charge >= 0.3 is 0 Å². The molecule has 1 fully saturated rings. The van der Waals surface area contributed by atoms with Crippen molar-refractivity contribution in [2.24, 2.45) is 0 Å². The van der Waals surface area contributed by atoms with E-state index in [1.54, 1.807) is 0 Å². The standard InChI is InChI=1S/C17H24N2OS2/c1-17(2,3)13-8-4-5-9-14(13)18-15(20)12-22-16(21)19-10-6-7-11-19/h4-5,8-9H,6-7,10-12H2,1-3H3,(H,18,20). The fourth-order valence-corrected chi connectivity index (χ4v) is 3.60. The molecule has 0 spiro atoms. The van der Waals surface area contributed by atoms with Crippen LogP contribution in [0.5, 0.6) is 0 Å². The van der Waals surface area contributed by atoms with Gasteiger partial charge < -0.3 is 10.2 Å². The number of nitrogens with one attached hydrogen (secondary N) is 1. The first-order chi connectivity index (χ1) is 10.4. The monoisotopic (exact) mass is 336 g/mol. The van der Waals surface area contributed by atoms with Crippen molar-refractivity contribution in [3.63, 3.8) is 0 Å². The molecule has 0 aromatic heterocycles. The van der Waals surface area contributed by atoms with E-state index in [0.717, 1.165) is 28.7 Å². The molecule has 1 saturated heterocycles. The molecule has 1 aliphatic heterocycles. The molecule has 22 heavy (non-hydrogen) atoms. The molecule has 0 unspecified atom stereocenters. The van der Waals surface area contributed by atoms with Crippen molar-refractivity contribution in [3.8, 4) is 0 Å². The van der Waals surface area contributed by atoms with Crippen LogP contribution in [0.15, 0.2) is 24.3 Å². The summed E-state index contributed by atoms with van der Waals surface area (Å²) in [6.45, 7) is 8.50. The fraction of sp³-hybridized carbons (Fsp3) is 0.529. The number of likely N-dealkylation sites (tertiary alicyclic amines) is 1. The van der Waals surface area contributed by atoms with Gasteiger partial charge in [-0.2, -0.15) is 0 Å². The average molecular weight is 337 g/mol. The van der Waals surface area contributed by atoms with E-state index >= 15 is 0 Å². The van der Waals surface area contributed by atoms with Gasteiger partial charge in [0.05, 0.1) is 5.75 Å². The van der Waals surface area contributed by atoms with Gasteiger partial charge in [0.2, 0.25) is 5.91 Å². The Kier molecular flexibility index (Phi) is 5.87. The second-order valence-corrected chi connectivity index (χ2v) is 8.20. The highest BCUT2D eigenvalue weighted by Gasteiger charge is 2.19. The molecule has 3 nitrogen and oxygen atoms in total. The summed E-state index contributed by atoms with van der Waals surface area (Å²) >= 11 is 6.85. The van der Waals surface area contributed by atoms with E-state index in [-0.39, 0.29) is 11.3 Å². The summed E-state index contributed by atoms with van der Waals surface area (Å²) < 4.78 is 0.844. The molecule has 5 heteroatoms. The summed E-state index contributed by atoms with van der Waals surface area (Å²) in [7, 11) is 0. The molecule has 0 aliphatic carbocycles. The predicted molar refractivity (Wildman–Crippen MR) is 99.6 cm³/mol. The van der Waals surface area contributed by atoms with Gasteiger partial charge in [-0.15, -0.1) is 0 Å². The molecule has 1 heterocycles. The lowest BCUT2D eigenvalue weighted by molar-refractivity contribution is -0.113. The molecule has 1 aromatic rings. The van der Waals surface area contributed by atoms with Crippen molar-refractivity contribution in [3.05, 3.63) is 29.8 Å². The number of rotatable bonds is 3.